The Bertz CT molecular complexity index is 336. The molecule has 0 bridgehead atoms. The summed E-state index contributed by atoms with van der Waals surface area (Å²) in [6.07, 6.45) is 4.41. The lowest BCUT2D eigenvalue weighted by atomic mass is 10.1. The molecule has 17 heavy (non-hydrogen) atoms. The fourth-order valence-electron chi connectivity index (χ4n) is 1.71. The van der Waals surface area contributed by atoms with Gasteiger partial charge in [0.15, 0.2) is 0 Å². The number of nitrogens with zero attached hydrogens (tertiary/aromatic N) is 1. The van der Waals surface area contributed by atoms with E-state index in [1.54, 1.807) is 12.5 Å². The Morgan fingerprint density at radius 1 is 1.53 bits per heavy atom. The van der Waals surface area contributed by atoms with E-state index < -0.39 is 6.04 Å². The molecule has 1 rings (SSSR count). The highest BCUT2D eigenvalue weighted by Crippen LogP contribution is 2.09. The van der Waals surface area contributed by atoms with Gasteiger partial charge in [-0.3, -0.25) is 4.79 Å². The van der Waals surface area contributed by atoms with Gasteiger partial charge < -0.3 is 15.5 Å². The Kier molecular flexibility index (Phi) is 5.15. The second kappa shape index (κ2) is 6.39. The van der Waals surface area contributed by atoms with Crippen molar-refractivity contribution in [3.63, 3.8) is 0 Å². The Morgan fingerprint density at radius 2 is 2.24 bits per heavy atom. The summed E-state index contributed by atoms with van der Waals surface area (Å²) in [5.41, 5.74) is 6.60. The molecule has 0 aliphatic carbocycles. The number of hydrogen-bond acceptors (Lipinski definition) is 4. The summed E-state index contributed by atoms with van der Waals surface area (Å²) in [6, 6.07) is -0.634. The molecular weight excluding hydrogens is 218 g/mol. The van der Waals surface area contributed by atoms with E-state index in [9.17, 15) is 4.79 Å². The van der Waals surface area contributed by atoms with Crippen molar-refractivity contribution >= 4 is 5.97 Å². The maximum atomic E-state index is 11.7. The summed E-state index contributed by atoms with van der Waals surface area (Å²) in [6.45, 7) is 6.07. The molecule has 0 spiro atoms. The largest absolute Gasteiger partial charge is 0.461 e. The van der Waals surface area contributed by atoms with Crippen molar-refractivity contribution in [1.29, 1.82) is 0 Å². The van der Waals surface area contributed by atoms with Gasteiger partial charge in [0.1, 0.15) is 6.04 Å². The first-order chi connectivity index (χ1) is 7.99. The van der Waals surface area contributed by atoms with Crippen LogP contribution in [-0.4, -0.2) is 28.1 Å². The van der Waals surface area contributed by atoms with Gasteiger partial charge in [0.05, 0.1) is 12.4 Å². The van der Waals surface area contributed by atoms with Crippen molar-refractivity contribution in [3.8, 4) is 0 Å². The topological polar surface area (TPSA) is 81.0 Å². The molecule has 96 valence electrons. The average Bonchev–Trinajstić information content (AvgIpc) is 2.68. The van der Waals surface area contributed by atoms with Gasteiger partial charge in [0.2, 0.25) is 0 Å². The van der Waals surface area contributed by atoms with Gasteiger partial charge in [0, 0.05) is 18.3 Å². The molecule has 0 fully saturated rings. The number of esters is 1. The molecule has 5 nitrogen and oxygen atoms in total. The lowest BCUT2D eigenvalue weighted by molar-refractivity contribution is -0.150. The van der Waals surface area contributed by atoms with Crippen LogP contribution in [0.15, 0.2) is 12.5 Å². The van der Waals surface area contributed by atoms with Crippen molar-refractivity contribution in [1.82, 2.24) is 9.97 Å². The number of ether oxygens (including phenoxy) is 1. The zero-order valence-corrected chi connectivity index (χ0v) is 10.6. The highest BCUT2D eigenvalue weighted by molar-refractivity contribution is 5.75. The van der Waals surface area contributed by atoms with E-state index in [4.69, 9.17) is 10.5 Å². The number of carbonyl (C=O) groups excluding carboxylic acids is 1. The maximum Gasteiger partial charge on any atom is 0.323 e. The summed E-state index contributed by atoms with van der Waals surface area (Å²) < 4.78 is 5.27. The molecule has 5 heteroatoms. The first-order valence-corrected chi connectivity index (χ1v) is 5.92. The van der Waals surface area contributed by atoms with E-state index in [1.165, 1.54) is 0 Å². The smallest absolute Gasteiger partial charge is 0.323 e. The fourth-order valence-corrected chi connectivity index (χ4v) is 1.71. The van der Waals surface area contributed by atoms with Gasteiger partial charge in [0.25, 0.3) is 0 Å². The summed E-state index contributed by atoms with van der Waals surface area (Å²) in [4.78, 5) is 18.5. The minimum Gasteiger partial charge on any atom is -0.461 e. The molecular formula is C12H21N3O2. The Hall–Kier alpha value is -1.36. The van der Waals surface area contributed by atoms with Crippen LogP contribution >= 0.6 is 0 Å². The van der Waals surface area contributed by atoms with E-state index in [0.717, 1.165) is 12.1 Å². The third kappa shape index (κ3) is 4.99. The molecule has 0 aromatic carbocycles. The van der Waals surface area contributed by atoms with Crippen LogP contribution < -0.4 is 5.73 Å². The molecule has 1 unspecified atom stereocenters. The number of aromatic amines is 1. The monoisotopic (exact) mass is 239 g/mol. The Balaban J connectivity index is 2.36. The average molecular weight is 239 g/mol. The second-order valence-corrected chi connectivity index (χ2v) is 4.76. The molecule has 1 aromatic rings. The number of hydrogen-bond donors (Lipinski definition) is 2. The molecule has 0 radical (unpaired) electrons. The summed E-state index contributed by atoms with van der Waals surface area (Å²) in [5.74, 6) is 0.148. The highest BCUT2D eigenvalue weighted by Gasteiger charge is 2.19. The van der Waals surface area contributed by atoms with Crippen LogP contribution in [0.5, 0.6) is 0 Å². The number of aromatic nitrogens is 2. The van der Waals surface area contributed by atoms with Crippen LogP contribution in [0.3, 0.4) is 0 Å². The predicted molar refractivity (Wildman–Crippen MR) is 65.3 cm³/mol. The van der Waals surface area contributed by atoms with E-state index >= 15 is 0 Å². The van der Waals surface area contributed by atoms with Gasteiger partial charge in [-0.15, -0.1) is 0 Å². The number of H-pyrrole nitrogens is 1. The minimum atomic E-state index is -0.634. The summed E-state index contributed by atoms with van der Waals surface area (Å²) in [7, 11) is 0. The lowest BCUT2D eigenvalue weighted by Crippen LogP contribution is -2.36. The van der Waals surface area contributed by atoms with Gasteiger partial charge in [-0.25, -0.2) is 4.98 Å². The minimum absolute atomic E-state index is 0.0877. The molecule has 0 saturated heterocycles. The maximum absolute atomic E-state index is 11.7. The SMILES string of the molecule is CC(C)CC(C)OC(=O)[C@@H](N)Cc1cnc[nH]1. The Morgan fingerprint density at radius 3 is 2.76 bits per heavy atom. The van der Waals surface area contributed by atoms with Crippen LogP contribution in [0.25, 0.3) is 0 Å². The normalized spacial score (nSPS) is 14.6. The van der Waals surface area contributed by atoms with Gasteiger partial charge in [-0.1, -0.05) is 13.8 Å². The van der Waals surface area contributed by atoms with Gasteiger partial charge in [-0.05, 0) is 19.3 Å². The van der Waals surface area contributed by atoms with E-state index in [2.05, 4.69) is 23.8 Å². The molecule has 0 aliphatic heterocycles. The van der Waals surface area contributed by atoms with E-state index in [0.29, 0.717) is 12.3 Å². The molecule has 3 N–H and O–H groups in total. The molecule has 0 saturated carbocycles. The van der Waals surface area contributed by atoms with Crippen LogP contribution in [0.2, 0.25) is 0 Å². The number of rotatable bonds is 6. The number of nitrogens with two attached hydrogens (primary N) is 1. The lowest BCUT2D eigenvalue weighted by Gasteiger charge is -2.17. The molecule has 0 aliphatic rings. The zero-order chi connectivity index (χ0) is 12.8. The highest BCUT2D eigenvalue weighted by atomic mass is 16.5. The van der Waals surface area contributed by atoms with Crippen molar-refractivity contribution < 1.29 is 9.53 Å². The third-order valence-electron chi connectivity index (χ3n) is 2.42. The van der Waals surface area contributed by atoms with Gasteiger partial charge >= 0.3 is 5.97 Å². The third-order valence-corrected chi connectivity index (χ3v) is 2.42. The summed E-state index contributed by atoms with van der Waals surface area (Å²) in [5, 5.41) is 0. The Labute approximate surface area is 102 Å². The number of nitrogens with one attached hydrogen (secondary N) is 1. The standard InChI is InChI=1S/C12H21N3O2/c1-8(2)4-9(3)17-12(16)11(13)5-10-6-14-7-15-10/h6-9,11H,4-5,13H2,1-3H3,(H,14,15)/t9?,11-/m0/s1. The quantitative estimate of drug-likeness (QED) is 0.732. The van der Waals surface area contributed by atoms with Crippen LogP contribution in [0, 0.1) is 5.92 Å². The summed E-state index contributed by atoms with van der Waals surface area (Å²) >= 11 is 0. The van der Waals surface area contributed by atoms with Crippen molar-refractivity contribution in [2.45, 2.75) is 45.8 Å². The molecule has 2 atom stereocenters. The van der Waals surface area contributed by atoms with Gasteiger partial charge in [-0.2, -0.15) is 0 Å². The van der Waals surface area contributed by atoms with Crippen molar-refractivity contribution in [3.05, 3.63) is 18.2 Å². The first-order valence-electron chi connectivity index (χ1n) is 5.92. The van der Waals surface area contributed by atoms with Crippen molar-refractivity contribution in [2.24, 2.45) is 11.7 Å². The number of imidazole rings is 1. The first kappa shape index (κ1) is 13.7. The zero-order valence-electron chi connectivity index (χ0n) is 10.6. The van der Waals surface area contributed by atoms with Crippen molar-refractivity contribution in [2.75, 3.05) is 0 Å². The molecule has 1 aromatic heterocycles. The second-order valence-electron chi connectivity index (χ2n) is 4.76. The van der Waals surface area contributed by atoms with E-state index in [-0.39, 0.29) is 12.1 Å². The predicted octanol–water partition coefficient (Wildman–Crippen LogP) is 1.26. The van der Waals surface area contributed by atoms with Crippen LogP contribution in [0.1, 0.15) is 32.9 Å². The van der Waals surface area contributed by atoms with Crippen LogP contribution in [0.4, 0.5) is 0 Å². The van der Waals surface area contributed by atoms with E-state index in [1.807, 2.05) is 6.92 Å². The van der Waals surface area contributed by atoms with Crippen LogP contribution in [-0.2, 0) is 16.0 Å². The molecule has 1 heterocycles. The number of carbonyl (C=O) groups is 1. The fraction of sp³-hybridized carbons (Fsp3) is 0.667. The molecule has 0 amide bonds.